The minimum Gasteiger partial charge on any atom is -0.362 e. The summed E-state index contributed by atoms with van der Waals surface area (Å²) in [5.74, 6) is 1.17. The Morgan fingerprint density at radius 2 is 1.96 bits per heavy atom. The summed E-state index contributed by atoms with van der Waals surface area (Å²) in [6.07, 6.45) is 3.58. The summed E-state index contributed by atoms with van der Waals surface area (Å²) in [7, 11) is -1.98. The molecule has 6 nitrogen and oxygen atoms in total. The van der Waals surface area contributed by atoms with Crippen LogP contribution in [0.4, 0.5) is 5.69 Å². The number of rotatable bonds is 6. The molecule has 0 spiro atoms. The van der Waals surface area contributed by atoms with Gasteiger partial charge in [0.25, 0.3) is 15.9 Å². The largest absolute Gasteiger partial charge is 0.362 e. The SMILES string of the molecule is CSCc1ccc(C(=O)Nc2cccc(S(=O)(=O)/N=C3\CCCN3C)c2)cc1. The molecule has 28 heavy (non-hydrogen) atoms. The Balaban J connectivity index is 1.76. The van der Waals surface area contributed by atoms with Crippen LogP contribution in [0.25, 0.3) is 0 Å². The summed E-state index contributed by atoms with van der Waals surface area (Å²) in [6.45, 7) is 0.806. The molecular weight excluding hydrogens is 394 g/mol. The van der Waals surface area contributed by atoms with Gasteiger partial charge in [-0.25, -0.2) is 0 Å². The zero-order chi connectivity index (χ0) is 20.1. The summed E-state index contributed by atoms with van der Waals surface area (Å²) in [4.78, 5) is 14.4. The highest BCUT2D eigenvalue weighted by Gasteiger charge is 2.20. The van der Waals surface area contributed by atoms with Gasteiger partial charge in [-0.15, -0.1) is 4.40 Å². The smallest absolute Gasteiger partial charge is 0.284 e. The Morgan fingerprint density at radius 3 is 2.61 bits per heavy atom. The summed E-state index contributed by atoms with van der Waals surface area (Å²) in [6, 6.07) is 13.6. The average Bonchev–Trinajstić information content (AvgIpc) is 3.07. The molecule has 0 radical (unpaired) electrons. The lowest BCUT2D eigenvalue weighted by molar-refractivity contribution is 0.102. The molecule has 2 aromatic carbocycles. The highest BCUT2D eigenvalue weighted by Crippen LogP contribution is 2.21. The number of amidine groups is 1. The van der Waals surface area contributed by atoms with Gasteiger partial charge < -0.3 is 10.2 Å². The van der Waals surface area contributed by atoms with Crippen LogP contribution in [0.1, 0.15) is 28.8 Å². The number of sulfonamides is 1. The van der Waals surface area contributed by atoms with Gasteiger partial charge in [-0.1, -0.05) is 18.2 Å². The van der Waals surface area contributed by atoms with E-state index >= 15 is 0 Å². The van der Waals surface area contributed by atoms with Crippen LogP contribution in [0.2, 0.25) is 0 Å². The van der Waals surface area contributed by atoms with Gasteiger partial charge in [0, 0.05) is 37.0 Å². The minimum atomic E-state index is -3.82. The van der Waals surface area contributed by atoms with Gasteiger partial charge >= 0.3 is 0 Å². The molecule has 1 N–H and O–H groups in total. The molecule has 0 atom stereocenters. The number of nitrogens with zero attached hydrogens (tertiary/aromatic N) is 2. The van der Waals surface area contributed by atoms with Crippen LogP contribution in [-0.2, 0) is 15.8 Å². The predicted molar refractivity (Wildman–Crippen MR) is 115 cm³/mol. The van der Waals surface area contributed by atoms with Gasteiger partial charge in [-0.3, -0.25) is 4.79 Å². The molecule has 1 fully saturated rings. The lowest BCUT2D eigenvalue weighted by Crippen LogP contribution is -2.20. The summed E-state index contributed by atoms with van der Waals surface area (Å²) in [5.41, 5.74) is 2.08. The fraction of sp³-hybridized carbons (Fsp3) is 0.300. The van der Waals surface area contributed by atoms with Gasteiger partial charge in [0.15, 0.2) is 0 Å². The van der Waals surface area contributed by atoms with E-state index in [4.69, 9.17) is 0 Å². The number of anilines is 1. The summed E-state index contributed by atoms with van der Waals surface area (Å²) in [5, 5.41) is 2.76. The third-order valence-corrected chi connectivity index (χ3v) is 6.40. The van der Waals surface area contributed by atoms with Gasteiger partial charge in [-0.2, -0.15) is 20.2 Å². The standard InChI is InChI=1S/C20H23N3O3S2/c1-23-12-4-7-19(23)22-28(25,26)18-6-3-5-17(13-18)21-20(24)16-10-8-15(9-11-16)14-27-2/h3,5-6,8-11,13H,4,7,12,14H2,1-2H3,(H,21,24)/b22-19+. The average molecular weight is 418 g/mol. The second-order valence-corrected chi connectivity index (χ2v) is 9.09. The molecule has 148 valence electrons. The lowest BCUT2D eigenvalue weighted by Gasteiger charge is -2.11. The van der Waals surface area contributed by atoms with Gasteiger partial charge in [0.2, 0.25) is 0 Å². The number of carbonyl (C=O) groups is 1. The van der Waals surface area contributed by atoms with E-state index in [9.17, 15) is 13.2 Å². The van der Waals surface area contributed by atoms with E-state index in [2.05, 4.69) is 9.71 Å². The monoisotopic (exact) mass is 417 g/mol. The van der Waals surface area contributed by atoms with Crippen LogP contribution in [0, 0.1) is 0 Å². The van der Waals surface area contributed by atoms with E-state index in [0.29, 0.717) is 23.5 Å². The quantitative estimate of drug-likeness (QED) is 0.777. The van der Waals surface area contributed by atoms with Crippen molar-refractivity contribution in [2.75, 3.05) is 25.2 Å². The fourth-order valence-corrected chi connectivity index (χ4v) is 4.62. The van der Waals surface area contributed by atoms with Crippen molar-refractivity contribution >= 4 is 39.2 Å². The molecule has 0 aliphatic carbocycles. The molecule has 0 saturated carbocycles. The van der Waals surface area contributed by atoms with Crippen LogP contribution in [-0.4, -0.2) is 44.9 Å². The first-order valence-corrected chi connectivity index (χ1v) is 11.8. The van der Waals surface area contributed by atoms with Gasteiger partial charge in [0.1, 0.15) is 5.84 Å². The molecule has 0 bridgehead atoms. The molecule has 1 saturated heterocycles. The number of carbonyl (C=O) groups excluding carboxylic acids is 1. The molecule has 1 aliphatic heterocycles. The molecule has 3 rings (SSSR count). The number of nitrogens with one attached hydrogen (secondary N) is 1. The van der Waals surface area contributed by atoms with E-state index in [1.165, 1.54) is 12.1 Å². The summed E-state index contributed by atoms with van der Waals surface area (Å²) >= 11 is 1.72. The van der Waals surface area contributed by atoms with E-state index in [-0.39, 0.29) is 10.8 Å². The van der Waals surface area contributed by atoms with E-state index in [0.717, 1.165) is 24.3 Å². The Bertz CT molecular complexity index is 986. The second-order valence-electron chi connectivity index (χ2n) is 6.62. The first-order valence-electron chi connectivity index (χ1n) is 8.93. The van der Waals surface area contributed by atoms with Crippen molar-refractivity contribution in [1.82, 2.24) is 4.90 Å². The molecule has 1 amide bonds. The first-order chi connectivity index (χ1) is 13.4. The van der Waals surface area contributed by atoms with Crippen molar-refractivity contribution in [3.8, 4) is 0 Å². The van der Waals surface area contributed by atoms with Crippen molar-refractivity contribution in [2.45, 2.75) is 23.5 Å². The number of benzene rings is 2. The second kappa shape index (κ2) is 8.79. The number of hydrogen-bond donors (Lipinski definition) is 1. The number of thioether (sulfide) groups is 1. The molecule has 0 unspecified atom stereocenters. The molecule has 2 aromatic rings. The minimum absolute atomic E-state index is 0.0634. The van der Waals surface area contributed by atoms with Crippen molar-refractivity contribution in [3.05, 3.63) is 59.7 Å². The van der Waals surface area contributed by atoms with Crippen LogP contribution in [0.3, 0.4) is 0 Å². The Morgan fingerprint density at radius 1 is 1.21 bits per heavy atom. The van der Waals surface area contributed by atoms with Gasteiger partial charge in [-0.05, 0) is 48.6 Å². The Kier molecular flexibility index (Phi) is 6.41. The zero-order valence-corrected chi connectivity index (χ0v) is 17.5. The molecule has 1 heterocycles. The van der Waals surface area contributed by atoms with Crippen molar-refractivity contribution in [1.29, 1.82) is 0 Å². The highest BCUT2D eigenvalue weighted by atomic mass is 32.2. The van der Waals surface area contributed by atoms with Crippen molar-refractivity contribution in [2.24, 2.45) is 4.40 Å². The Labute approximate surface area is 170 Å². The number of likely N-dealkylation sites (tertiary alicyclic amines) is 1. The van der Waals surface area contributed by atoms with E-state index < -0.39 is 10.0 Å². The molecule has 1 aliphatic rings. The summed E-state index contributed by atoms with van der Waals surface area (Å²) < 4.78 is 29.2. The van der Waals surface area contributed by atoms with Crippen LogP contribution in [0.5, 0.6) is 0 Å². The molecule has 8 heteroatoms. The van der Waals surface area contributed by atoms with Crippen LogP contribution in [0.15, 0.2) is 57.8 Å². The highest BCUT2D eigenvalue weighted by molar-refractivity contribution is 7.97. The van der Waals surface area contributed by atoms with Gasteiger partial charge in [0.05, 0.1) is 4.90 Å². The zero-order valence-electron chi connectivity index (χ0n) is 15.9. The topological polar surface area (TPSA) is 78.8 Å². The van der Waals surface area contributed by atoms with E-state index in [1.807, 2.05) is 30.3 Å². The number of amides is 1. The normalized spacial score (nSPS) is 15.8. The molecular formula is C20H23N3O3S2. The van der Waals surface area contributed by atoms with E-state index in [1.54, 1.807) is 36.0 Å². The predicted octanol–water partition coefficient (Wildman–Crippen LogP) is 3.61. The number of hydrogen-bond acceptors (Lipinski definition) is 4. The first kappa shape index (κ1) is 20.4. The lowest BCUT2D eigenvalue weighted by atomic mass is 10.1. The maximum absolute atomic E-state index is 12.6. The van der Waals surface area contributed by atoms with Crippen molar-refractivity contribution in [3.63, 3.8) is 0 Å². The third-order valence-electron chi connectivity index (χ3n) is 4.48. The van der Waals surface area contributed by atoms with Crippen LogP contribution < -0.4 is 5.32 Å². The Hall–Kier alpha value is -2.32. The van der Waals surface area contributed by atoms with Crippen LogP contribution >= 0.6 is 11.8 Å². The fourth-order valence-electron chi connectivity index (χ4n) is 2.96. The maximum Gasteiger partial charge on any atom is 0.284 e. The third kappa shape index (κ3) is 4.94. The maximum atomic E-state index is 12.6. The molecule has 0 aromatic heterocycles. The van der Waals surface area contributed by atoms with Crippen molar-refractivity contribution < 1.29 is 13.2 Å².